The zero-order chi connectivity index (χ0) is 11.7. The summed E-state index contributed by atoms with van der Waals surface area (Å²) in [6.07, 6.45) is 5.86. The van der Waals surface area contributed by atoms with Gasteiger partial charge in [-0.2, -0.15) is 5.10 Å². The molecule has 5 nitrogen and oxygen atoms in total. The van der Waals surface area contributed by atoms with E-state index in [1.807, 2.05) is 41.8 Å². The van der Waals surface area contributed by atoms with Gasteiger partial charge in [0.1, 0.15) is 0 Å². The van der Waals surface area contributed by atoms with E-state index in [0.717, 1.165) is 17.3 Å². The Bertz CT molecular complexity index is 480. The molecule has 0 bridgehead atoms. The summed E-state index contributed by atoms with van der Waals surface area (Å²) >= 11 is 0. The van der Waals surface area contributed by atoms with E-state index in [4.69, 9.17) is 0 Å². The highest BCUT2D eigenvalue weighted by atomic mass is 15.3. The molecule has 2 heterocycles. The largest absolute Gasteiger partial charge is 0.358 e. The van der Waals surface area contributed by atoms with Gasteiger partial charge in [0.25, 0.3) is 0 Å². The Morgan fingerprint density at radius 1 is 1.31 bits per heavy atom. The van der Waals surface area contributed by atoms with Gasteiger partial charge in [0.05, 0.1) is 17.6 Å². The monoisotopic (exact) mass is 219 g/mol. The number of anilines is 1. The number of hydrogen-bond acceptors (Lipinski definition) is 3. The van der Waals surface area contributed by atoms with Gasteiger partial charge >= 0.3 is 0 Å². The first kappa shape index (κ1) is 10.7. The third-order valence-electron chi connectivity index (χ3n) is 2.45. The van der Waals surface area contributed by atoms with Crippen LogP contribution in [-0.2, 0) is 0 Å². The van der Waals surface area contributed by atoms with Gasteiger partial charge in [-0.05, 0) is 20.8 Å². The fourth-order valence-electron chi connectivity index (χ4n) is 1.61. The van der Waals surface area contributed by atoms with Crippen molar-refractivity contribution in [3.63, 3.8) is 0 Å². The normalized spacial score (nSPS) is 11.1. The average Bonchev–Trinajstić information content (AvgIpc) is 2.82. The van der Waals surface area contributed by atoms with E-state index in [2.05, 4.69) is 29.2 Å². The summed E-state index contributed by atoms with van der Waals surface area (Å²) in [5.74, 6) is 0.834. The van der Waals surface area contributed by atoms with Gasteiger partial charge in [-0.25, -0.2) is 4.98 Å². The standard InChI is InChI=1S/C11H17N5/c1-8(2)16-7-10(5-13-16)15-6-9(3)14-11(15)12-4/h5-8H,1-4H3,(H,12,14). The van der Waals surface area contributed by atoms with E-state index < -0.39 is 0 Å². The van der Waals surface area contributed by atoms with Crippen LogP contribution in [-0.4, -0.2) is 26.4 Å². The minimum atomic E-state index is 0.372. The molecule has 0 saturated heterocycles. The SMILES string of the molecule is CNc1nc(C)cn1-c1cnn(C(C)C)c1. The maximum atomic E-state index is 4.37. The molecular weight excluding hydrogens is 202 g/mol. The van der Waals surface area contributed by atoms with Crippen molar-refractivity contribution in [1.82, 2.24) is 19.3 Å². The first-order valence-electron chi connectivity index (χ1n) is 5.40. The van der Waals surface area contributed by atoms with Crippen LogP contribution in [0.1, 0.15) is 25.6 Å². The van der Waals surface area contributed by atoms with Crippen LogP contribution < -0.4 is 5.32 Å². The molecule has 0 aliphatic carbocycles. The molecule has 0 unspecified atom stereocenters. The van der Waals surface area contributed by atoms with Crippen LogP contribution in [0, 0.1) is 6.92 Å². The molecule has 5 heteroatoms. The van der Waals surface area contributed by atoms with Gasteiger partial charge < -0.3 is 5.32 Å². The van der Waals surface area contributed by atoms with Crippen molar-refractivity contribution in [2.45, 2.75) is 26.8 Å². The summed E-state index contributed by atoms with van der Waals surface area (Å²) in [5.41, 5.74) is 2.01. The predicted molar refractivity (Wildman–Crippen MR) is 64.0 cm³/mol. The van der Waals surface area contributed by atoms with Crippen LogP contribution in [0.25, 0.3) is 5.69 Å². The third kappa shape index (κ3) is 1.80. The lowest BCUT2D eigenvalue weighted by Gasteiger charge is -2.04. The lowest BCUT2D eigenvalue weighted by molar-refractivity contribution is 0.532. The Kier molecular flexibility index (Phi) is 2.68. The van der Waals surface area contributed by atoms with Crippen molar-refractivity contribution in [1.29, 1.82) is 0 Å². The number of nitrogens with zero attached hydrogens (tertiary/aromatic N) is 4. The number of aryl methyl sites for hydroxylation is 1. The molecule has 16 heavy (non-hydrogen) atoms. The van der Waals surface area contributed by atoms with E-state index in [9.17, 15) is 0 Å². The Morgan fingerprint density at radius 3 is 2.62 bits per heavy atom. The smallest absolute Gasteiger partial charge is 0.207 e. The molecule has 86 valence electrons. The first-order chi connectivity index (χ1) is 7.61. The van der Waals surface area contributed by atoms with E-state index in [1.54, 1.807) is 0 Å². The summed E-state index contributed by atoms with van der Waals surface area (Å²) < 4.78 is 3.94. The summed E-state index contributed by atoms with van der Waals surface area (Å²) in [6, 6.07) is 0.372. The Morgan fingerprint density at radius 2 is 2.06 bits per heavy atom. The van der Waals surface area contributed by atoms with E-state index in [0.29, 0.717) is 6.04 Å². The van der Waals surface area contributed by atoms with Crippen molar-refractivity contribution in [2.24, 2.45) is 0 Å². The highest BCUT2D eigenvalue weighted by molar-refractivity contribution is 5.40. The van der Waals surface area contributed by atoms with Crippen LogP contribution in [0.2, 0.25) is 0 Å². The quantitative estimate of drug-likeness (QED) is 0.859. The van der Waals surface area contributed by atoms with Gasteiger partial charge in [0.15, 0.2) is 0 Å². The summed E-state index contributed by atoms with van der Waals surface area (Å²) in [5, 5.41) is 7.39. The first-order valence-corrected chi connectivity index (χ1v) is 5.40. The average molecular weight is 219 g/mol. The second-order valence-electron chi connectivity index (χ2n) is 4.10. The minimum Gasteiger partial charge on any atom is -0.358 e. The molecule has 0 atom stereocenters. The van der Waals surface area contributed by atoms with Gasteiger partial charge in [-0.1, -0.05) is 0 Å². The molecule has 2 rings (SSSR count). The van der Waals surface area contributed by atoms with Crippen LogP contribution in [0.5, 0.6) is 0 Å². The van der Waals surface area contributed by atoms with E-state index in [1.165, 1.54) is 0 Å². The maximum Gasteiger partial charge on any atom is 0.207 e. The number of hydrogen-bond donors (Lipinski definition) is 1. The molecular formula is C11H17N5. The lowest BCUT2D eigenvalue weighted by atomic mass is 10.4. The second kappa shape index (κ2) is 4.00. The Balaban J connectivity index is 2.41. The molecule has 0 aromatic carbocycles. The molecule has 0 aliphatic rings. The van der Waals surface area contributed by atoms with E-state index >= 15 is 0 Å². The van der Waals surface area contributed by atoms with E-state index in [-0.39, 0.29) is 0 Å². The number of imidazole rings is 1. The molecule has 0 spiro atoms. The Hall–Kier alpha value is -1.78. The molecule has 0 fully saturated rings. The lowest BCUT2D eigenvalue weighted by Crippen LogP contribution is -2.01. The van der Waals surface area contributed by atoms with Crippen molar-refractivity contribution in [2.75, 3.05) is 12.4 Å². The fraction of sp³-hybridized carbons (Fsp3) is 0.455. The molecule has 0 aliphatic heterocycles. The van der Waals surface area contributed by atoms with Gasteiger partial charge in [0, 0.05) is 25.5 Å². The Labute approximate surface area is 95.1 Å². The van der Waals surface area contributed by atoms with Crippen molar-refractivity contribution < 1.29 is 0 Å². The molecule has 1 N–H and O–H groups in total. The second-order valence-corrected chi connectivity index (χ2v) is 4.10. The summed E-state index contributed by atoms with van der Waals surface area (Å²) in [6.45, 7) is 6.19. The maximum absolute atomic E-state index is 4.37. The summed E-state index contributed by atoms with van der Waals surface area (Å²) in [4.78, 5) is 4.37. The van der Waals surface area contributed by atoms with Gasteiger partial charge in [-0.3, -0.25) is 9.25 Å². The highest BCUT2D eigenvalue weighted by Crippen LogP contribution is 2.16. The zero-order valence-electron chi connectivity index (χ0n) is 10.1. The van der Waals surface area contributed by atoms with Crippen molar-refractivity contribution in [3.05, 3.63) is 24.3 Å². The fourth-order valence-corrected chi connectivity index (χ4v) is 1.61. The number of nitrogens with one attached hydrogen (secondary N) is 1. The number of rotatable bonds is 3. The minimum absolute atomic E-state index is 0.372. The predicted octanol–water partition coefficient (Wildman–Crippen LogP) is 2.00. The van der Waals surface area contributed by atoms with Gasteiger partial charge in [-0.15, -0.1) is 0 Å². The highest BCUT2D eigenvalue weighted by Gasteiger charge is 2.08. The molecule has 0 saturated carbocycles. The van der Waals surface area contributed by atoms with Crippen LogP contribution in [0.15, 0.2) is 18.6 Å². The van der Waals surface area contributed by atoms with Crippen molar-refractivity contribution in [3.8, 4) is 5.69 Å². The third-order valence-corrected chi connectivity index (χ3v) is 2.45. The molecule has 0 radical (unpaired) electrons. The zero-order valence-corrected chi connectivity index (χ0v) is 10.1. The van der Waals surface area contributed by atoms with Crippen LogP contribution in [0.3, 0.4) is 0 Å². The van der Waals surface area contributed by atoms with Crippen LogP contribution in [0.4, 0.5) is 5.95 Å². The van der Waals surface area contributed by atoms with Crippen LogP contribution >= 0.6 is 0 Å². The topological polar surface area (TPSA) is 47.7 Å². The molecule has 2 aromatic rings. The summed E-state index contributed by atoms with van der Waals surface area (Å²) in [7, 11) is 1.87. The molecule has 2 aromatic heterocycles. The number of aromatic nitrogens is 4. The van der Waals surface area contributed by atoms with Crippen molar-refractivity contribution >= 4 is 5.95 Å². The van der Waals surface area contributed by atoms with Gasteiger partial charge in [0.2, 0.25) is 5.95 Å². The molecule has 0 amide bonds.